The molecule has 0 fully saturated rings. The minimum absolute atomic E-state index is 0.273. The maximum Gasteiger partial charge on any atom is 0.0694 e. The molecule has 214 valence electrons. The Bertz CT molecular complexity index is 2140. The first-order valence-corrected chi connectivity index (χ1v) is 15.9. The van der Waals surface area contributed by atoms with Crippen LogP contribution in [0, 0.1) is 0 Å². The van der Waals surface area contributed by atoms with Gasteiger partial charge in [0, 0.05) is 23.0 Å². The molecule has 0 saturated heterocycles. The molecule has 1 spiro atoms. The highest BCUT2D eigenvalue weighted by molar-refractivity contribution is 6.01. The van der Waals surface area contributed by atoms with Crippen molar-refractivity contribution in [3.05, 3.63) is 203 Å². The molecular formula is C44H33N. The lowest BCUT2D eigenvalue weighted by Gasteiger charge is -2.33. The summed E-state index contributed by atoms with van der Waals surface area (Å²) in [5, 5.41) is 0. The van der Waals surface area contributed by atoms with Crippen molar-refractivity contribution < 1.29 is 0 Å². The molecule has 4 aliphatic rings. The molecule has 45 heavy (non-hydrogen) atoms. The molecule has 0 aliphatic heterocycles. The van der Waals surface area contributed by atoms with Gasteiger partial charge >= 0.3 is 0 Å². The van der Waals surface area contributed by atoms with Gasteiger partial charge < -0.3 is 4.90 Å². The van der Waals surface area contributed by atoms with Crippen LogP contribution in [0.25, 0.3) is 22.3 Å². The van der Waals surface area contributed by atoms with Crippen molar-refractivity contribution in [3.8, 4) is 11.1 Å². The zero-order chi connectivity index (χ0) is 30.1. The van der Waals surface area contributed by atoms with Crippen LogP contribution in [-0.4, -0.2) is 0 Å². The van der Waals surface area contributed by atoms with Crippen LogP contribution in [0.1, 0.15) is 47.1 Å². The van der Waals surface area contributed by atoms with Gasteiger partial charge in [-0.05, 0) is 111 Å². The molecule has 5 aromatic carbocycles. The molecule has 2 atom stereocenters. The summed E-state index contributed by atoms with van der Waals surface area (Å²) in [6.45, 7) is 6.73. The summed E-state index contributed by atoms with van der Waals surface area (Å²) in [5.74, 6) is 0.409. The zero-order valence-corrected chi connectivity index (χ0v) is 25.4. The van der Waals surface area contributed by atoms with Crippen molar-refractivity contribution in [2.45, 2.75) is 24.7 Å². The number of anilines is 2. The van der Waals surface area contributed by atoms with E-state index in [4.69, 9.17) is 0 Å². The maximum absolute atomic E-state index is 4.41. The summed E-state index contributed by atoms with van der Waals surface area (Å²) < 4.78 is 0. The normalized spacial score (nSPS) is 20.3. The molecule has 9 rings (SSSR count). The molecule has 0 amide bonds. The van der Waals surface area contributed by atoms with E-state index in [-0.39, 0.29) is 5.41 Å². The van der Waals surface area contributed by atoms with Gasteiger partial charge in [-0.15, -0.1) is 0 Å². The van der Waals surface area contributed by atoms with E-state index in [1.807, 2.05) is 6.08 Å². The summed E-state index contributed by atoms with van der Waals surface area (Å²) in [4.78, 5) is 2.35. The SMILES string of the molecule is C=C/C(=C\C1=C(C)c2cccc3c2C12C1=C(C=CCC13)c1ccccc12)N(c1ccccc1)c1ccc(-c2ccccc2)cc1. The van der Waals surface area contributed by atoms with Crippen LogP contribution in [0.5, 0.6) is 0 Å². The van der Waals surface area contributed by atoms with E-state index in [0.717, 1.165) is 23.5 Å². The van der Waals surface area contributed by atoms with Gasteiger partial charge in [0.2, 0.25) is 0 Å². The number of nitrogens with zero attached hydrogens (tertiary/aromatic N) is 1. The number of para-hydroxylation sites is 1. The van der Waals surface area contributed by atoms with Crippen molar-refractivity contribution in [1.29, 1.82) is 0 Å². The largest absolute Gasteiger partial charge is 0.311 e. The molecular weight excluding hydrogens is 542 g/mol. The predicted molar refractivity (Wildman–Crippen MR) is 188 cm³/mol. The van der Waals surface area contributed by atoms with Gasteiger partial charge in [0.15, 0.2) is 0 Å². The summed E-state index contributed by atoms with van der Waals surface area (Å²) in [6.07, 6.45) is 10.3. The molecule has 0 bridgehead atoms. The summed E-state index contributed by atoms with van der Waals surface area (Å²) in [7, 11) is 0. The van der Waals surface area contributed by atoms with E-state index in [1.165, 1.54) is 55.7 Å². The standard InChI is InChI=1S/C44H33N/c1-3-32(45(33-16-8-5-9-17-33)34-26-24-31(25-27-34)30-14-6-4-7-15-30)28-41-29(2)35-19-12-21-38-39-22-13-20-37-36-18-10-11-23-40(36)44(41,42(35)38)43(37)39/h3-21,23-28,39H,1,22H2,2H3/b32-28+. The molecule has 1 nitrogen and oxygen atoms in total. The van der Waals surface area contributed by atoms with E-state index in [2.05, 4.69) is 164 Å². The van der Waals surface area contributed by atoms with Crippen LogP contribution in [-0.2, 0) is 5.41 Å². The first-order valence-electron chi connectivity index (χ1n) is 15.9. The molecule has 1 heteroatoms. The van der Waals surface area contributed by atoms with Gasteiger partial charge in [-0.1, -0.05) is 122 Å². The zero-order valence-electron chi connectivity index (χ0n) is 25.4. The molecule has 4 aliphatic carbocycles. The lowest BCUT2D eigenvalue weighted by atomic mass is 9.70. The van der Waals surface area contributed by atoms with Gasteiger partial charge in [0.1, 0.15) is 0 Å². The molecule has 5 aromatic rings. The average Bonchev–Trinajstić information content (AvgIpc) is 3.68. The first-order chi connectivity index (χ1) is 22.2. The van der Waals surface area contributed by atoms with Crippen molar-refractivity contribution in [3.63, 3.8) is 0 Å². The van der Waals surface area contributed by atoms with Crippen LogP contribution in [0.2, 0.25) is 0 Å². The van der Waals surface area contributed by atoms with Crippen LogP contribution >= 0.6 is 0 Å². The van der Waals surface area contributed by atoms with E-state index < -0.39 is 0 Å². The minimum atomic E-state index is -0.273. The Morgan fingerprint density at radius 2 is 1.40 bits per heavy atom. The van der Waals surface area contributed by atoms with Crippen molar-refractivity contribution in [2.75, 3.05) is 4.90 Å². The third-order valence-corrected chi connectivity index (χ3v) is 10.4. The smallest absolute Gasteiger partial charge is 0.0694 e. The van der Waals surface area contributed by atoms with Gasteiger partial charge in [0.25, 0.3) is 0 Å². The fraction of sp³-hybridized carbons (Fsp3) is 0.0909. The Morgan fingerprint density at radius 1 is 0.733 bits per heavy atom. The number of hydrogen-bond donors (Lipinski definition) is 0. The van der Waals surface area contributed by atoms with Gasteiger partial charge in [-0.25, -0.2) is 0 Å². The summed E-state index contributed by atoms with van der Waals surface area (Å²) in [6, 6.07) is 46.3. The van der Waals surface area contributed by atoms with E-state index in [1.54, 1.807) is 5.57 Å². The lowest BCUT2D eigenvalue weighted by Crippen LogP contribution is -2.27. The molecule has 0 radical (unpaired) electrons. The lowest BCUT2D eigenvalue weighted by molar-refractivity contribution is 0.722. The average molecular weight is 576 g/mol. The molecule has 0 aromatic heterocycles. The molecule has 0 N–H and O–H groups in total. The summed E-state index contributed by atoms with van der Waals surface area (Å²) >= 11 is 0. The van der Waals surface area contributed by atoms with Crippen LogP contribution in [0.3, 0.4) is 0 Å². The Labute approximate surface area is 265 Å². The second-order valence-electron chi connectivity index (χ2n) is 12.5. The highest BCUT2D eigenvalue weighted by atomic mass is 15.1. The van der Waals surface area contributed by atoms with E-state index in [9.17, 15) is 0 Å². The second kappa shape index (κ2) is 9.81. The first kappa shape index (κ1) is 26.0. The fourth-order valence-electron chi connectivity index (χ4n) is 8.64. The Kier molecular flexibility index (Phi) is 5.67. The second-order valence-corrected chi connectivity index (χ2v) is 12.5. The van der Waals surface area contributed by atoms with E-state index >= 15 is 0 Å². The van der Waals surface area contributed by atoms with Crippen LogP contribution in [0.15, 0.2) is 175 Å². The third-order valence-electron chi connectivity index (χ3n) is 10.4. The number of fused-ring (bicyclic) bond motifs is 3. The Hall–Kier alpha value is -5.40. The number of benzene rings is 5. The Morgan fingerprint density at radius 3 is 2.18 bits per heavy atom. The van der Waals surface area contributed by atoms with Crippen LogP contribution < -0.4 is 4.90 Å². The minimum Gasteiger partial charge on any atom is -0.311 e. The molecule has 0 heterocycles. The van der Waals surface area contributed by atoms with Gasteiger partial charge in [-0.2, -0.15) is 0 Å². The van der Waals surface area contributed by atoms with Gasteiger partial charge in [0.05, 0.1) is 5.41 Å². The van der Waals surface area contributed by atoms with Crippen LogP contribution in [0.4, 0.5) is 11.4 Å². The molecule has 0 saturated carbocycles. The van der Waals surface area contributed by atoms with Crippen molar-refractivity contribution in [2.24, 2.45) is 0 Å². The van der Waals surface area contributed by atoms with E-state index in [0.29, 0.717) is 5.92 Å². The summed E-state index contributed by atoms with van der Waals surface area (Å²) in [5.41, 5.74) is 18.3. The Balaban J connectivity index is 1.27. The predicted octanol–water partition coefficient (Wildman–Crippen LogP) is 11.2. The molecule has 2 unspecified atom stereocenters. The number of rotatable bonds is 6. The monoisotopic (exact) mass is 575 g/mol. The fourth-order valence-corrected chi connectivity index (χ4v) is 8.64. The topological polar surface area (TPSA) is 3.24 Å². The highest BCUT2D eigenvalue weighted by Gasteiger charge is 2.60. The number of hydrogen-bond acceptors (Lipinski definition) is 1. The highest BCUT2D eigenvalue weighted by Crippen LogP contribution is 2.70. The van der Waals surface area contributed by atoms with Crippen molar-refractivity contribution >= 4 is 22.5 Å². The number of allylic oxidation sites excluding steroid dienone is 8. The third kappa shape index (κ3) is 3.50. The van der Waals surface area contributed by atoms with Crippen molar-refractivity contribution in [1.82, 2.24) is 0 Å². The quantitative estimate of drug-likeness (QED) is 0.182. The maximum atomic E-state index is 4.41. The van der Waals surface area contributed by atoms with Gasteiger partial charge in [-0.3, -0.25) is 0 Å².